The van der Waals surface area contributed by atoms with Crippen molar-refractivity contribution in [1.82, 2.24) is 9.13 Å². The summed E-state index contributed by atoms with van der Waals surface area (Å²) < 4.78 is 9.44. The van der Waals surface area contributed by atoms with Crippen molar-refractivity contribution in [3.63, 3.8) is 0 Å². The predicted octanol–water partition coefficient (Wildman–Crippen LogP) is 4.18. The van der Waals surface area contributed by atoms with Crippen LogP contribution >= 0.6 is 11.3 Å². The Hall–Kier alpha value is -4.77. The van der Waals surface area contributed by atoms with Crippen molar-refractivity contribution < 1.29 is 14.5 Å². The lowest BCUT2D eigenvalue weighted by Crippen LogP contribution is -2.40. The van der Waals surface area contributed by atoms with Crippen molar-refractivity contribution in [2.45, 2.75) is 33.7 Å². The van der Waals surface area contributed by atoms with E-state index in [2.05, 4.69) is 4.99 Å². The topological polar surface area (TPSA) is 112 Å². The number of nitro benzene ring substituents is 1. The lowest BCUT2D eigenvalue weighted by Gasteiger charge is -2.25. The van der Waals surface area contributed by atoms with E-state index in [1.807, 2.05) is 73.8 Å². The van der Waals surface area contributed by atoms with Gasteiger partial charge in [-0.15, -0.1) is 0 Å². The molecule has 5 rings (SSSR count). The van der Waals surface area contributed by atoms with Crippen LogP contribution in [-0.2, 0) is 9.53 Å². The van der Waals surface area contributed by atoms with Crippen LogP contribution in [0.5, 0.6) is 0 Å². The Labute approximate surface area is 246 Å². The minimum absolute atomic E-state index is 0.0194. The molecule has 0 aliphatic carbocycles. The Balaban J connectivity index is 1.65. The minimum atomic E-state index is -0.689. The first kappa shape index (κ1) is 28.7. The molecule has 216 valence electrons. The number of anilines is 1. The van der Waals surface area contributed by atoms with Gasteiger partial charge in [0.2, 0.25) is 0 Å². The average Bonchev–Trinajstić information content (AvgIpc) is 3.41. The molecule has 1 aliphatic rings. The molecular formula is C31H31N5O5S. The molecule has 1 aliphatic heterocycles. The molecule has 0 saturated carbocycles. The van der Waals surface area contributed by atoms with E-state index in [1.165, 1.54) is 23.5 Å². The maximum Gasteiger partial charge on any atom is 0.338 e. The molecule has 3 heterocycles. The van der Waals surface area contributed by atoms with Gasteiger partial charge in [0.15, 0.2) is 4.80 Å². The Kier molecular flexibility index (Phi) is 7.70. The number of non-ortho nitro benzene ring substituents is 1. The van der Waals surface area contributed by atoms with Crippen molar-refractivity contribution >= 4 is 34.8 Å². The Morgan fingerprint density at radius 2 is 1.79 bits per heavy atom. The highest BCUT2D eigenvalue weighted by atomic mass is 32.1. The van der Waals surface area contributed by atoms with E-state index in [-0.39, 0.29) is 17.9 Å². The summed E-state index contributed by atoms with van der Waals surface area (Å²) in [5, 5.41) is 11.1. The summed E-state index contributed by atoms with van der Waals surface area (Å²) in [5.74, 6) is -0.499. The fourth-order valence-electron chi connectivity index (χ4n) is 5.26. The van der Waals surface area contributed by atoms with E-state index in [1.54, 1.807) is 30.5 Å². The van der Waals surface area contributed by atoms with Gasteiger partial charge in [0.05, 0.1) is 33.4 Å². The number of carbonyl (C=O) groups is 1. The minimum Gasteiger partial charge on any atom is -0.463 e. The normalized spacial score (nSPS) is 14.9. The molecule has 0 amide bonds. The fraction of sp³-hybridized carbons (Fsp3) is 0.258. The largest absolute Gasteiger partial charge is 0.463 e. The molecule has 0 radical (unpaired) electrons. The maximum atomic E-state index is 14.0. The molecular weight excluding hydrogens is 554 g/mol. The first-order valence-corrected chi connectivity index (χ1v) is 14.2. The molecule has 0 N–H and O–H groups in total. The smallest absolute Gasteiger partial charge is 0.338 e. The molecule has 11 heteroatoms. The van der Waals surface area contributed by atoms with E-state index in [9.17, 15) is 19.7 Å². The van der Waals surface area contributed by atoms with Gasteiger partial charge in [-0.25, -0.2) is 9.79 Å². The second-order valence-corrected chi connectivity index (χ2v) is 11.2. The number of benzene rings is 2. The molecule has 10 nitrogen and oxygen atoms in total. The zero-order chi connectivity index (χ0) is 30.3. The van der Waals surface area contributed by atoms with Crippen LogP contribution in [0.2, 0.25) is 0 Å². The number of hydrogen-bond donors (Lipinski definition) is 0. The van der Waals surface area contributed by atoms with Crippen molar-refractivity contribution in [3.8, 4) is 5.69 Å². The molecule has 0 unspecified atom stereocenters. The first-order valence-electron chi connectivity index (χ1n) is 13.4. The van der Waals surface area contributed by atoms with Crippen LogP contribution in [0, 0.1) is 24.0 Å². The quantitative estimate of drug-likeness (QED) is 0.183. The Bertz CT molecular complexity index is 1910. The molecule has 2 aromatic carbocycles. The highest BCUT2D eigenvalue weighted by Crippen LogP contribution is 2.32. The van der Waals surface area contributed by atoms with Gasteiger partial charge in [-0.2, -0.15) is 0 Å². The van der Waals surface area contributed by atoms with Crippen LogP contribution in [0.25, 0.3) is 11.8 Å². The van der Waals surface area contributed by atoms with Crippen molar-refractivity contribution in [3.05, 3.63) is 118 Å². The van der Waals surface area contributed by atoms with Crippen molar-refractivity contribution in [2.24, 2.45) is 4.99 Å². The number of rotatable bonds is 7. The zero-order valence-corrected chi connectivity index (χ0v) is 25.1. The number of nitrogens with zero attached hydrogens (tertiary/aromatic N) is 5. The van der Waals surface area contributed by atoms with Gasteiger partial charge in [-0.1, -0.05) is 23.5 Å². The lowest BCUT2D eigenvalue weighted by atomic mass is 9.95. The van der Waals surface area contributed by atoms with Crippen LogP contribution < -0.4 is 19.8 Å². The molecule has 0 bridgehead atoms. The summed E-state index contributed by atoms with van der Waals surface area (Å²) >= 11 is 1.27. The SMILES string of the molecule is CCOC(=O)C1=C(C)N=c2s/c(=C\c3cc(C)n(-c4ccc([N+](=O)[O-])cc4)c3C)c(=O)n2[C@@H]1c1ccc(N(C)C)cc1. The molecule has 0 spiro atoms. The monoisotopic (exact) mass is 585 g/mol. The number of esters is 1. The number of fused-ring (bicyclic) bond motifs is 1. The second kappa shape index (κ2) is 11.2. The molecule has 42 heavy (non-hydrogen) atoms. The number of ether oxygens (including phenoxy) is 1. The predicted molar refractivity (Wildman–Crippen MR) is 163 cm³/mol. The fourth-order valence-corrected chi connectivity index (χ4v) is 6.29. The van der Waals surface area contributed by atoms with E-state index in [0.717, 1.165) is 33.9 Å². The standard InChI is InChI=1S/C31H31N5O5S/c1-7-41-30(38)27-19(3)32-31-35(28(27)21-8-10-23(11-9-21)33(5)6)29(37)26(42-31)17-22-16-18(2)34(20(22)4)24-12-14-25(15-13-24)36(39)40/h8-17,28H,7H2,1-6H3/b26-17-/t28-/m1/s1. The first-order chi connectivity index (χ1) is 20.0. The van der Waals surface area contributed by atoms with Gasteiger partial charge in [-0.3, -0.25) is 19.5 Å². The summed E-state index contributed by atoms with van der Waals surface area (Å²) in [6.45, 7) is 7.60. The number of allylic oxidation sites excluding steroid dienone is 1. The lowest BCUT2D eigenvalue weighted by molar-refractivity contribution is -0.384. The van der Waals surface area contributed by atoms with Gasteiger partial charge >= 0.3 is 5.97 Å². The van der Waals surface area contributed by atoms with Crippen LogP contribution in [0.3, 0.4) is 0 Å². The molecule has 1 atom stereocenters. The van der Waals surface area contributed by atoms with Crippen LogP contribution in [0.1, 0.15) is 42.4 Å². The zero-order valence-electron chi connectivity index (χ0n) is 24.2. The van der Waals surface area contributed by atoms with Gasteiger partial charge in [0.25, 0.3) is 11.2 Å². The van der Waals surface area contributed by atoms with Crippen LogP contribution in [-0.4, -0.2) is 40.7 Å². The van der Waals surface area contributed by atoms with Gasteiger partial charge in [0, 0.05) is 49.0 Å². The number of nitro groups is 1. The number of carbonyl (C=O) groups excluding carboxylic acids is 1. The van der Waals surface area contributed by atoms with Crippen LogP contribution in [0.4, 0.5) is 11.4 Å². The van der Waals surface area contributed by atoms with Gasteiger partial charge < -0.3 is 14.2 Å². The van der Waals surface area contributed by atoms with Crippen molar-refractivity contribution in [2.75, 3.05) is 25.6 Å². The Morgan fingerprint density at radius 1 is 1.12 bits per heavy atom. The van der Waals surface area contributed by atoms with E-state index in [4.69, 9.17) is 4.74 Å². The number of thiazole rings is 1. The third kappa shape index (κ3) is 5.07. The molecule has 0 fully saturated rings. The maximum absolute atomic E-state index is 14.0. The number of aromatic nitrogens is 2. The van der Waals surface area contributed by atoms with E-state index in [0.29, 0.717) is 20.6 Å². The summed E-state index contributed by atoms with van der Waals surface area (Å²) in [6, 6.07) is 15.4. The van der Waals surface area contributed by atoms with E-state index >= 15 is 0 Å². The van der Waals surface area contributed by atoms with Gasteiger partial charge in [-0.05, 0) is 75.2 Å². The Morgan fingerprint density at radius 3 is 2.38 bits per heavy atom. The third-order valence-corrected chi connectivity index (χ3v) is 8.30. The number of aryl methyl sites for hydroxylation is 1. The molecule has 0 saturated heterocycles. The third-order valence-electron chi connectivity index (χ3n) is 7.32. The summed E-state index contributed by atoms with van der Waals surface area (Å²) in [7, 11) is 3.90. The van der Waals surface area contributed by atoms with E-state index < -0.39 is 16.9 Å². The summed E-state index contributed by atoms with van der Waals surface area (Å²) in [5.41, 5.74) is 5.81. The summed E-state index contributed by atoms with van der Waals surface area (Å²) in [6.07, 6.45) is 1.84. The molecule has 2 aromatic heterocycles. The van der Waals surface area contributed by atoms with Crippen molar-refractivity contribution in [1.29, 1.82) is 0 Å². The molecule has 4 aromatic rings. The van der Waals surface area contributed by atoms with Gasteiger partial charge in [0.1, 0.15) is 0 Å². The van der Waals surface area contributed by atoms with Crippen LogP contribution in [0.15, 0.2) is 75.7 Å². The summed E-state index contributed by atoms with van der Waals surface area (Å²) in [4.78, 5) is 45.0. The highest BCUT2D eigenvalue weighted by Gasteiger charge is 2.33. The highest BCUT2D eigenvalue weighted by molar-refractivity contribution is 7.07. The second-order valence-electron chi connectivity index (χ2n) is 10.2. The number of hydrogen-bond acceptors (Lipinski definition) is 8. The average molecular weight is 586 g/mol.